The van der Waals surface area contributed by atoms with Crippen LogP contribution in [0.2, 0.25) is 0 Å². The Morgan fingerprint density at radius 1 is 1.12 bits per heavy atom. The molecule has 0 saturated heterocycles. The number of rotatable bonds is 10. The summed E-state index contributed by atoms with van der Waals surface area (Å²) in [5.74, 6) is 0.873. The molecule has 0 spiro atoms. The number of carbonyl (C=O) groups excluding carboxylic acids is 1. The fourth-order valence-electron chi connectivity index (χ4n) is 3.28. The van der Waals surface area contributed by atoms with Gasteiger partial charge >= 0.3 is 0 Å². The van der Waals surface area contributed by atoms with Crippen LogP contribution in [0.3, 0.4) is 0 Å². The van der Waals surface area contributed by atoms with Gasteiger partial charge in [0.15, 0.2) is 28.3 Å². The van der Waals surface area contributed by atoms with Crippen molar-refractivity contribution >= 4 is 17.7 Å². The average Bonchev–Trinajstić information content (AvgIpc) is 3.51. The Labute approximate surface area is 195 Å². The Morgan fingerprint density at radius 3 is 2.64 bits per heavy atom. The van der Waals surface area contributed by atoms with Crippen molar-refractivity contribution in [3.63, 3.8) is 0 Å². The molecular formula is C24H23FN4O3S. The monoisotopic (exact) mass is 466 g/mol. The lowest BCUT2D eigenvalue weighted by Crippen LogP contribution is -2.33. The molecule has 7 nitrogen and oxygen atoms in total. The van der Waals surface area contributed by atoms with E-state index in [4.69, 9.17) is 9.15 Å². The topological polar surface area (TPSA) is 82.2 Å². The molecule has 170 valence electrons. The first-order valence-electron chi connectivity index (χ1n) is 10.5. The van der Waals surface area contributed by atoms with Gasteiger partial charge in [0.05, 0.1) is 18.1 Å². The van der Waals surface area contributed by atoms with E-state index in [2.05, 4.69) is 15.5 Å². The minimum atomic E-state index is -0.447. The molecule has 0 bridgehead atoms. The molecule has 0 aliphatic rings. The fourth-order valence-corrected chi connectivity index (χ4v) is 4.09. The van der Waals surface area contributed by atoms with E-state index in [1.165, 1.54) is 17.8 Å². The molecule has 9 heteroatoms. The number of nitrogens with zero attached hydrogens (tertiary/aromatic N) is 3. The molecular weight excluding hydrogens is 443 g/mol. The van der Waals surface area contributed by atoms with Crippen LogP contribution >= 0.6 is 11.8 Å². The van der Waals surface area contributed by atoms with Gasteiger partial charge in [0.25, 0.3) is 0 Å². The highest BCUT2D eigenvalue weighted by atomic mass is 32.2. The van der Waals surface area contributed by atoms with E-state index in [0.717, 1.165) is 5.56 Å². The minimum Gasteiger partial charge on any atom is -0.488 e. The number of carbonyl (C=O) groups is 1. The quantitative estimate of drug-likeness (QED) is 0.341. The summed E-state index contributed by atoms with van der Waals surface area (Å²) in [6.45, 7) is 2.71. The third-order valence-corrected chi connectivity index (χ3v) is 5.85. The lowest BCUT2D eigenvalue weighted by atomic mass is 10.1. The third-order valence-electron chi connectivity index (χ3n) is 4.89. The second-order valence-corrected chi connectivity index (χ2v) is 8.03. The lowest BCUT2D eigenvalue weighted by molar-refractivity contribution is -0.119. The van der Waals surface area contributed by atoms with Crippen LogP contribution in [0.1, 0.15) is 18.5 Å². The normalized spacial score (nSPS) is 11.8. The molecule has 0 aliphatic carbocycles. The van der Waals surface area contributed by atoms with E-state index in [1.807, 2.05) is 47.9 Å². The van der Waals surface area contributed by atoms with Crippen molar-refractivity contribution in [2.45, 2.75) is 24.7 Å². The van der Waals surface area contributed by atoms with E-state index in [1.54, 1.807) is 30.5 Å². The number of benzene rings is 2. The molecule has 1 amide bonds. The highest BCUT2D eigenvalue weighted by molar-refractivity contribution is 7.99. The first-order chi connectivity index (χ1) is 16.2. The third kappa shape index (κ3) is 5.61. The maximum Gasteiger partial charge on any atom is 0.231 e. The van der Waals surface area contributed by atoms with Crippen molar-refractivity contribution in [3.05, 3.63) is 84.4 Å². The van der Waals surface area contributed by atoms with Gasteiger partial charge in [0.1, 0.15) is 6.61 Å². The van der Waals surface area contributed by atoms with Crippen LogP contribution < -0.4 is 10.1 Å². The van der Waals surface area contributed by atoms with Crippen LogP contribution in [0.4, 0.5) is 4.39 Å². The van der Waals surface area contributed by atoms with E-state index >= 15 is 0 Å². The van der Waals surface area contributed by atoms with Crippen LogP contribution in [-0.4, -0.2) is 33.0 Å². The van der Waals surface area contributed by atoms with Crippen molar-refractivity contribution in [1.29, 1.82) is 0 Å². The number of aromatic nitrogens is 3. The first-order valence-corrected chi connectivity index (χ1v) is 11.5. The predicted octanol–water partition coefficient (Wildman–Crippen LogP) is 4.73. The maximum atomic E-state index is 14.0. The highest BCUT2D eigenvalue weighted by Crippen LogP contribution is 2.25. The van der Waals surface area contributed by atoms with Gasteiger partial charge in [-0.15, -0.1) is 10.2 Å². The van der Waals surface area contributed by atoms with Crippen molar-refractivity contribution in [2.75, 3.05) is 12.4 Å². The number of thioether (sulfide) groups is 1. The van der Waals surface area contributed by atoms with Gasteiger partial charge in [-0.05, 0) is 36.8 Å². The molecule has 4 rings (SSSR count). The van der Waals surface area contributed by atoms with E-state index in [9.17, 15) is 9.18 Å². The van der Waals surface area contributed by atoms with Gasteiger partial charge in [-0.1, -0.05) is 54.2 Å². The molecule has 2 aromatic carbocycles. The molecule has 0 saturated carbocycles. The predicted molar refractivity (Wildman–Crippen MR) is 123 cm³/mol. The maximum absolute atomic E-state index is 14.0. The van der Waals surface area contributed by atoms with Crippen LogP contribution in [0.5, 0.6) is 5.75 Å². The highest BCUT2D eigenvalue weighted by Gasteiger charge is 2.19. The first kappa shape index (κ1) is 22.6. The summed E-state index contributed by atoms with van der Waals surface area (Å²) in [4.78, 5) is 12.8. The number of para-hydroxylation sites is 1. The smallest absolute Gasteiger partial charge is 0.231 e. The molecule has 0 radical (unpaired) electrons. The number of hydrogen-bond acceptors (Lipinski definition) is 6. The largest absolute Gasteiger partial charge is 0.488 e. The average molecular weight is 467 g/mol. The SMILES string of the molecule is CCn1c(SCC(=O)NC(COc2ccccc2F)c2ccccc2)nnc1-c1ccco1. The van der Waals surface area contributed by atoms with Gasteiger partial charge in [0, 0.05) is 6.54 Å². The minimum absolute atomic E-state index is 0.0924. The molecule has 1 unspecified atom stereocenters. The number of furan rings is 1. The zero-order valence-corrected chi connectivity index (χ0v) is 18.8. The summed E-state index contributed by atoms with van der Waals surface area (Å²) < 4.78 is 26.9. The second-order valence-electron chi connectivity index (χ2n) is 7.09. The lowest BCUT2D eigenvalue weighted by Gasteiger charge is -2.20. The summed E-state index contributed by atoms with van der Waals surface area (Å²) in [5.41, 5.74) is 0.865. The summed E-state index contributed by atoms with van der Waals surface area (Å²) >= 11 is 1.29. The molecule has 1 N–H and O–H groups in total. The number of hydrogen-bond donors (Lipinski definition) is 1. The van der Waals surface area contributed by atoms with E-state index < -0.39 is 11.9 Å². The van der Waals surface area contributed by atoms with Gasteiger partial charge in [0.2, 0.25) is 5.91 Å². The Hall–Kier alpha value is -3.59. The van der Waals surface area contributed by atoms with Crippen LogP contribution in [0, 0.1) is 5.82 Å². The van der Waals surface area contributed by atoms with Gasteiger partial charge in [-0.25, -0.2) is 4.39 Å². The molecule has 1 atom stereocenters. The second kappa shape index (κ2) is 10.8. The van der Waals surface area contributed by atoms with Crippen molar-refractivity contribution in [2.24, 2.45) is 0 Å². The molecule has 2 heterocycles. The Bertz CT molecular complexity index is 1180. The molecule has 2 aromatic heterocycles. The standard InChI is InChI=1S/C24H23FN4O3S/c1-2-29-23(21-13-8-14-31-21)27-28-24(29)33-16-22(30)26-19(17-9-4-3-5-10-17)15-32-20-12-7-6-11-18(20)25/h3-14,19H,2,15-16H2,1H3,(H,26,30). The number of ether oxygens (including phenoxy) is 1. The van der Waals surface area contributed by atoms with Gasteiger partial charge in [-0.2, -0.15) is 0 Å². The van der Waals surface area contributed by atoms with Crippen molar-refractivity contribution in [3.8, 4) is 17.3 Å². The van der Waals surface area contributed by atoms with Crippen LogP contribution in [-0.2, 0) is 11.3 Å². The van der Waals surface area contributed by atoms with E-state index in [-0.39, 0.29) is 24.0 Å². The van der Waals surface area contributed by atoms with Gasteiger partial charge in [-0.3, -0.25) is 9.36 Å². The Balaban J connectivity index is 1.41. The molecule has 4 aromatic rings. The Kier molecular flexibility index (Phi) is 7.41. The van der Waals surface area contributed by atoms with E-state index in [0.29, 0.717) is 23.3 Å². The van der Waals surface area contributed by atoms with Crippen molar-refractivity contribution < 1.29 is 18.3 Å². The molecule has 0 aliphatic heterocycles. The fraction of sp³-hybridized carbons (Fsp3) is 0.208. The van der Waals surface area contributed by atoms with Crippen LogP contribution in [0.25, 0.3) is 11.6 Å². The number of amides is 1. The molecule has 33 heavy (non-hydrogen) atoms. The summed E-state index contributed by atoms with van der Waals surface area (Å²) in [6, 6.07) is 18.8. The summed E-state index contributed by atoms with van der Waals surface area (Å²) in [7, 11) is 0. The summed E-state index contributed by atoms with van der Waals surface area (Å²) in [6.07, 6.45) is 1.58. The van der Waals surface area contributed by atoms with Crippen molar-refractivity contribution in [1.82, 2.24) is 20.1 Å². The zero-order valence-electron chi connectivity index (χ0n) is 18.0. The number of halogens is 1. The van der Waals surface area contributed by atoms with Gasteiger partial charge < -0.3 is 14.5 Å². The van der Waals surface area contributed by atoms with Crippen LogP contribution in [0.15, 0.2) is 82.6 Å². The summed E-state index contributed by atoms with van der Waals surface area (Å²) in [5, 5.41) is 12.0. The zero-order chi connectivity index (χ0) is 23.0. The molecule has 0 fully saturated rings. The number of nitrogens with one attached hydrogen (secondary N) is 1. The Morgan fingerprint density at radius 2 is 1.91 bits per heavy atom.